The summed E-state index contributed by atoms with van der Waals surface area (Å²) in [7, 11) is 0. The van der Waals surface area contributed by atoms with Crippen LogP contribution in [0, 0.1) is 0 Å². The lowest BCUT2D eigenvalue weighted by atomic mass is 9.84. The highest BCUT2D eigenvalue weighted by Gasteiger charge is 2.40. The molecule has 8 aromatic rings. The van der Waals surface area contributed by atoms with Gasteiger partial charge >= 0.3 is 0 Å². The number of hydrogen-bond donors (Lipinski definition) is 0. The van der Waals surface area contributed by atoms with Crippen molar-refractivity contribution in [2.45, 2.75) is 12.0 Å². The van der Waals surface area contributed by atoms with Crippen LogP contribution in [0.15, 0.2) is 162 Å². The van der Waals surface area contributed by atoms with Gasteiger partial charge in [0.1, 0.15) is 11.2 Å². The Labute approximate surface area is 260 Å². The van der Waals surface area contributed by atoms with E-state index in [1.165, 1.54) is 55.6 Å². The molecule has 212 valence electrons. The molecule has 3 nitrogen and oxygen atoms in total. The number of allylic oxidation sites excluding steroid dienone is 2. The van der Waals surface area contributed by atoms with Crippen LogP contribution in [0.5, 0.6) is 0 Å². The highest BCUT2D eigenvalue weighted by Crippen LogP contribution is 2.52. The second-order valence-corrected chi connectivity index (χ2v) is 12.1. The van der Waals surface area contributed by atoms with Crippen LogP contribution in [0.1, 0.15) is 17.0 Å². The number of benzene rings is 6. The van der Waals surface area contributed by atoms with E-state index in [-0.39, 0.29) is 12.0 Å². The second-order valence-electron chi connectivity index (χ2n) is 12.1. The van der Waals surface area contributed by atoms with Crippen molar-refractivity contribution in [2.75, 3.05) is 4.90 Å². The van der Waals surface area contributed by atoms with Gasteiger partial charge in [-0.1, -0.05) is 103 Å². The van der Waals surface area contributed by atoms with E-state index in [9.17, 15) is 0 Å². The van der Waals surface area contributed by atoms with Gasteiger partial charge in [-0.2, -0.15) is 0 Å². The van der Waals surface area contributed by atoms with Gasteiger partial charge in [0.15, 0.2) is 0 Å². The summed E-state index contributed by atoms with van der Waals surface area (Å²) in [5.41, 5.74) is 11.7. The first-order valence-corrected chi connectivity index (χ1v) is 15.6. The monoisotopic (exact) mass is 576 g/mol. The van der Waals surface area contributed by atoms with Crippen molar-refractivity contribution >= 4 is 66.4 Å². The molecule has 2 aromatic heterocycles. The molecule has 0 N–H and O–H groups in total. The molecule has 6 aromatic carbocycles. The molecule has 0 amide bonds. The predicted octanol–water partition coefficient (Wildman–Crippen LogP) is 10.9. The third-order valence-corrected chi connectivity index (χ3v) is 9.72. The second kappa shape index (κ2) is 9.35. The van der Waals surface area contributed by atoms with Crippen molar-refractivity contribution in [3.8, 4) is 0 Å². The minimum absolute atomic E-state index is 0.127. The topological polar surface area (TPSA) is 21.3 Å². The van der Waals surface area contributed by atoms with Crippen LogP contribution in [0.2, 0.25) is 0 Å². The lowest BCUT2D eigenvalue weighted by Crippen LogP contribution is -2.30. The lowest BCUT2D eigenvalue weighted by Gasteiger charge is -2.32. The van der Waals surface area contributed by atoms with Gasteiger partial charge in [0.2, 0.25) is 0 Å². The minimum atomic E-state index is 0.127. The SMILES string of the molecule is C1=C(c2ccc3oc4ccccc4c3c2)C(n2c3ccccc3c3ccccc32)=CC2C1c1ccccc1N2c1ccccc1. The Kier molecular flexibility index (Phi) is 5.11. The number of anilines is 2. The van der Waals surface area contributed by atoms with Crippen LogP contribution < -0.4 is 4.90 Å². The number of para-hydroxylation sites is 5. The number of nitrogens with zero attached hydrogens (tertiary/aromatic N) is 2. The van der Waals surface area contributed by atoms with Crippen LogP contribution in [0.25, 0.3) is 55.0 Å². The third-order valence-electron chi connectivity index (χ3n) is 9.72. The molecule has 45 heavy (non-hydrogen) atoms. The molecule has 0 saturated carbocycles. The summed E-state index contributed by atoms with van der Waals surface area (Å²) in [4.78, 5) is 2.52. The first-order chi connectivity index (χ1) is 22.3. The largest absolute Gasteiger partial charge is 0.456 e. The first kappa shape index (κ1) is 24.6. The van der Waals surface area contributed by atoms with Gasteiger partial charge in [0, 0.05) is 44.4 Å². The molecule has 10 rings (SSSR count). The van der Waals surface area contributed by atoms with Crippen LogP contribution in [0.4, 0.5) is 11.4 Å². The molecule has 2 aliphatic rings. The molecular weight excluding hydrogens is 548 g/mol. The Balaban J connectivity index is 1.28. The third kappa shape index (κ3) is 3.52. The number of hydrogen-bond acceptors (Lipinski definition) is 2. The van der Waals surface area contributed by atoms with Crippen molar-refractivity contribution in [3.63, 3.8) is 0 Å². The predicted molar refractivity (Wildman–Crippen MR) is 187 cm³/mol. The van der Waals surface area contributed by atoms with E-state index < -0.39 is 0 Å². The van der Waals surface area contributed by atoms with E-state index in [1.807, 2.05) is 6.07 Å². The Morgan fingerprint density at radius 2 is 1.16 bits per heavy atom. The standard InChI is InChI=1S/C42H28N2O/c1-2-12-28(13-3-1)43-36-18-8-6-16-31(36)34-25-33(27-22-23-42-35(24-27)32-17-7-11-21-41(32)45-42)39(26-40(34)43)44-37-19-9-4-14-29(37)30-15-5-10-20-38(30)44/h1-26,34,40H. The van der Waals surface area contributed by atoms with Gasteiger partial charge in [0.05, 0.1) is 22.8 Å². The van der Waals surface area contributed by atoms with Gasteiger partial charge < -0.3 is 13.9 Å². The fourth-order valence-corrected chi connectivity index (χ4v) is 7.79. The fourth-order valence-electron chi connectivity index (χ4n) is 7.79. The lowest BCUT2D eigenvalue weighted by molar-refractivity contribution is 0.669. The fraction of sp³-hybridized carbons (Fsp3) is 0.0476. The Morgan fingerprint density at radius 1 is 0.511 bits per heavy atom. The summed E-state index contributed by atoms with van der Waals surface area (Å²) >= 11 is 0. The summed E-state index contributed by atoms with van der Waals surface area (Å²) in [6.07, 6.45) is 5.04. The van der Waals surface area contributed by atoms with Gasteiger partial charge in [-0.3, -0.25) is 0 Å². The average molecular weight is 577 g/mol. The van der Waals surface area contributed by atoms with Crippen molar-refractivity contribution in [3.05, 3.63) is 169 Å². The van der Waals surface area contributed by atoms with Crippen molar-refractivity contribution in [1.29, 1.82) is 0 Å². The highest BCUT2D eigenvalue weighted by molar-refractivity contribution is 6.15. The van der Waals surface area contributed by atoms with Crippen LogP contribution in [-0.4, -0.2) is 10.6 Å². The zero-order chi connectivity index (χ0) is 29.5. The van der Waals surface area contributed by atoms with Crippen molar-refractivity contribution < 1.29 is 4.42 Å². The van der Waals surface area contributed by atoms with E-state index in [4.69, 9.17) is 4.42 Å². The molecule has 3 heterocycles. The van der Waals surface area contributed by atoms with Gasteiger partial charge in [0.25, 0.3) is 0 Å². The molecule has 0 radical (unpaired) electrons. The van der Waals surface area contributed by atoms with Crippen molar-refractivity contribution in [2.24, 2.45) is 0 Å². The van der Waals surface area contributed by atoms with Gasteiger partial charge in [-0.05, 0) is 65.7 Å². The number of rotatable bonds is 3. The molecule has 1 aliphatic carbocycles. The number of fused-ring (bicyclic) bond motifs is 9. The molecule has 0 fully saturated rings. The average Bonchev–Trinajstić information content (AvgIpc) is 3.75. The van der Waals surface area contributed by atoms with E-state index in [0.717, 1.165) is 21.9 Å². The summed E-state index contributed by atoms with van der Waals surface area (Å²) in [6.45, 7) is 0. The molecule has 0 spiro atoms. The summed E-state index contributed by atoms with van der Waals surface area (Å²) in [5.74, 6) is 0.199. The zero-order valence-corrected chi connectivity index (χ0v) is 24.5. The molecule has 0 bridgehead atoms. The van der Waals surface area contributed by atoms with Crippen LogP contribution in [-0.2, 0) is 0 Å². The van der Waals surface area contributed by atoms with Gasteiger partial charge in [-0.25, -0.2) is 0 Å². The highest BCUT2D eigenvalue weighted by atomic mass is 16.3. The maximum atomic E-state index is 6.24. The Hall–Kier alpha value is -5.80. The molecule has 2 atom stereocenters. The Morgan fingerprint density at radius 3 is 1.96 bits per heavy atom. The summed E-state index contributed by atoms with van der Waals surface area (Å²) in [5, 5.41) is 4.82. The molecule has 0 saturated heterocycles. The molecular formula is C42H28N2O. The van der Waals surface area contributed by atoms with E-state index >= 15 is 0 Å². The van der Waals surface area contributed by atoms with E-state index in [1.54, 1.807) is 0 Å². The maximum absolute atomic E-state index is 6.24. The normalized spacial score (nSPS) is 17.6. The Bertz CT molecular complexity index is 2460. The smallest absolute Gasteiger partial charge is 0.135 e. The summed E-state index contributed by atoms with van der Waals surface area (Å²) < 4.78 is 8.72. The van der Waals surface area contributed by atoms with Gasteiger partial charge in [-0.15, -0.1) is 0 Å². The summed E-state index contributed by atoms with van der Waals surface area (Å²) in [6, 6.07) is 52.5. The van der Waals surface area contributed by atoms with E-state index in [0.29, 0.717) is 0 Å². The molecule has 1 aliphatic heterocycles. The molecule has 2 unspecified atom stereocenters. The quantitative estimate of drug-likeness (QED) is 0.209. The molecule has 3 heteroatoms. The number of furan rings is 1. The minimum Gasteiger partial charge on any atom is -0.456 e. The number of aromatic nitrogens is 1. The van der Waals surface area contributed by atoms with Crippen LogP contribution in [0.3, 0.4) is 0 Å². The van der Waals surface area contributed by atoms with Crippen LogP contribution >= 0.6 is 0 Å². The maximum Gasteiger partial charge on any atom is 0.135 e. The first-order valence-electron chi connectivity index (χ1n) is 15.6. The zero-order valence-electron chi connectivity index (χ0n) is 24.5. The van der Waals surface area contributed by atoms with E-state index in [2.05, 4.69) is 161 Å². The van der Waals surface area contributed by atoms with Crippen molar-refractivity contribution in [1.82, 2.24) is 4.57 Å².